The number of benzene rings is 2. The van der Waals surface area contributed by atoms with Crippen molar-refractivity contribution in [3.05, 3.63) is 59.4 Å². The number of amides is 2. The molecule has 0 bridgehead atoms. The van der Waals surface area contributed by atoms with Gasteiger partial charge in [0.2, 0.25) is 0 Å². The van der Waals surface area contributed by atoms with Gasteiger partial charge in [-0.15, -0.1) is 0 Å². The van der Waals surface area contributed by atoms with Crippen LogP contribution in [0.3, 0.4) is 0 Å². The second kappa shape index (κ2) is 8.37. The molecule has 2 aromatic carbocycles. The topological polar surface area (TPSA) is 84.9 Å². The Kier molecular flexibility index (Phi) is 5.40. The van der Waals surface area contributed by atoms with Crippen LogP contribution in [-0.4, -0.2) is 52.3 Å². The van der Waals surface area contributed by atoms with Crippen molar-refractivity contribution in [1.29, 1.82) is 0 Å². The fourth-order valence-electron chi connectivity index (χ4n) is 4.63. The fraction of sp³-hybridized carbons (Fsp3) is 0.375. The molecule has 0 saturated carbocycles. The van der Waals surface area contributed by atoms with E-state index in [4.69, 9.17) is 14.6 Å². The van der Waals surface area contributed by atoms with Gasteiger partial charge in [-0.3, -0.25) is 14.5 Å². The number of imide groups is 1. The highest BCUT2D eigenvalue weighted by Crippen LogP contribution is 2.27. The third-order valence-corrected chi connectivity index (χ3v) is 6.25. The van der Waals surface area contributed by atoms with Crippen LogP contribution in [0.1, 0.15) is 39.4 Å². The summed E-state index contributed by atoms with van der Waals surface area (Å²) in [5, 5.41) is 9.10. The molecule has 166 valence electrons. The highest BCUT2D eigenvalue weighted by Gasteiger charge is 2.39. The molecule has 2 amide bonds. The van der Waals surface area contributed by atoms with E-state index in [0.29, 0.717) is 23.4 Å². The molecule has 2 aliphatic heterocycles. The van der Waals surface area contributed by atoms with Crippen molar-refractivity contribution in [2.75, 3.05) is 19.8 Å². The van der Waals surface area contributed by atoms with Gasteiger partial charge in [-0.2, -0.15) is 0 Å². The molecule has 8 nitrogen and oxygen atoms in total. The van der Waals surface area contributed by atoms with E-state index in [0.717, 1.165) is 36.3 Å². The number of aryl methyl sites for hydroxylation is 1. The number of nitrogens with zero attached hydrogens (tertiary/aromatic N) is 3. The molecule has 1 aromatic heterocycles. The first-order valence-corrected chi connectivity index (χ1v) is 10.9. The van der Waals surface area contributed by atoms with Crippen LogP contribution in [0.4, 0.5) is 0 Å². The molecule has 3 heterocycles. The summed E-state index contributed by atoms with van der Waals surface area (Å²) in [6.45, 7) is 1.69. The lowest BCUT2D eigenvalue weighted by atomic mass is 10.1. The average Bonchev–Trinajstić information content (AvgIpc) is 3.48. The number of rotatable bonds is 7. The molecule has 1 atom stereocenters. The summed E-state index contributed by atoms with van der Waals surface area (Å²) in [7, 11) is 1.94. The van der Waals surface area contributed by atoms with Crippen molar-refractivity contribution < 1.29 is 28.7 Å². The Balaban J connectivity index is 1.56. The van der Waals surface area contributed by atoms with E-state index in [1.54, 1.807) is 24.3 Å². The maximum absolute atomic E-state index is 13.0. The second-order valence-corrected chi connectivity index (χ2v) is 8.19. The third kappa shape index (κ3) is 3.45. The summed E-state index contributed by atoms with van der Waals surface area (Å²) in [6, 6.07) is 12.7. The van der Waals surface area contributed by atoms with Gasteiger partial charge in [-0.1, -0.05) is 12.1 Å². The maximum atomic E-state index is 13.0. The monoisotopic (exact) mass is 436 g/mol. The van der Waals surface area contributed by atoms with E-state index in [1.807, 2.05) is 29.8 Å². The molecule has 1 fully saturated rings. The van der Waals surface area contributed by atoms with Gasteiger partial charge in [0.05, 0.1) is 30.9 Å². The lowest BCUT2D eigenvalue weighted by Gasteiger charge is -2.14. The molecule has 3 aromatic rings. The van der Waals surface area contributed by atoms with E-state index >= 15 is 0 Å². The Morgan fingerprint density at radius 1 is 1.16 bits per heavy atom. The first-order chi connectivity index (χ1) is 15.6. The second-order valence-electron chi connectivity index (χ2n) is 8.19. The molecule has 0 spiro atoms. The van der Waals surface area contributed by atoms with Crippen LogP contribution in [0.25, 0.3) is 11.0 Å². The SMILES string of the molecule is C[n+]1c(CN2C(=O)c3ccccc3C2=O)n(C[C@@H]2CCCO2)c2cc(OCCO)ccc21. The zero-order valence-electron chi connectivity index (χ0n) is 18.0. The average molecular weight is 436 g/mol. The minimum Gasteiger partial charge on any atom is -0.491 e. The quantitative estimate of drug-likeness (QED) is 0.451. The van der Waals surface area contributed by atoms with Crippen LogP contribution in [0.15, 0.2) is 42.5 Å². The summed E-state index contributed by atoms with van der Waals surface area (Å²) in [6.07, 6.45) is 2.07. The molecule has 0 unspecified atom stereocenters. The van der Waals surface area contributed by atoms with Crippen LogP contribution in [-0.2, 0) is 24.9 Å². The lowest BCUT2D eigenvalue weighted by Crippen LogP contribution is -2.40. The first-order valence-electron chi connectivity index (χ1n) is 10.9. The predicted molar refractivity (Wildman–Crippen MR) is 115 cm³/mol. The van der Waals surface area contributed by atoms with E-state index in [9.17, 15) is 9.59 Å². The molecular formula is C24H26N3O5+. The Hall–Kier alpha value is -3.23. The predicted octanol–water partition coefficient (Wildman–Crippen LogP) is 1.81. The van der Waals surface area contributed by atoms with E-state index in [2.05, 4.69) is 4.57 Å². The van der Waals surface area contributed by atoms with Crippen LogP contribution in [0.5, 0.6) is 5.75 Å². The van der Waals surface area contributed by atoms with Gasteiger partial charge >= 0.3 is 0 Å². The van der Waals surface area contributed by atoms with Crippen molar-refractivity contribution in [3.8, 4) is 5.75 Å². The number of aromatic nitrogens is 2. The third-order valence-electron chi connectivity index (χ3n) is 6.25. The minimum atomic E-state index is -0.272. The van der Waals surface area contributed by atoms with Crippen LogP contribution in [0.2, 0.25) is 0 Å². The zero-order valence-corrected chi connectivity index (χ0v) is 18.0. The molecule has 8 heteroatoms. The molecular weight excluding hydrogens is 410 g/mol. The number of aliphatic hydroxyl groups excluding tert-OH is 1. The summed E-state index contributed by atoms with van der Waals surface area (Å²) in [4.78, 5) is 27.3. The number of hydrogen-bond acceptors (Lipinski definition) is 5. The molecule has 1 N–H and O–H groups in total. The first kappa shape index (κ1) is 20.7. The Labute approximate surface area is 185 Å². The molecule has 2 aliphatic rings. The van der Waals surface area contributed by atoms with Gasteiger partial charge in [0.15, 0.2) is 11.0 Å². The summed E-state index contributed by atoms with van der Waals surface area (Å²) in [5.74, 6) is 0.952. The van der Waals surface area contributed by atoms with Gasteiger partial charge < -0.3 is 14.6 Å². The largest absolute Gasteiger partial charge is 0.491 e. The van der Waals surface area contributed by atoms with Crippen molar-refractivity contribution >= 4 is 22.8 Å². The molecule has 32 heavy (non-hydrogen) atoms. The van der Waals surface area contributed by atoms with Crippen molar-refractivity contribution in [1.82, 2.24) is 9.47 Å². The lowest BCUT2D eigenvalue weighted by molar-refractivity contribution is -0.654. The number of carbonyl (C=O) groups is 2. The summed E-state index contributed by atoms with van der Waals surface area (Å²) >= 11 is 0. The number of fused-ring (bicyclic) bond motifs is 2. The summed E-state index contributed by atoms with van der Waals surface area (Å²) < 4.78 is 15.7. The standard InChI is InChI=1S/C24H26N3O5/c1-25-20-9-8-16(32-12-10-28)13-21(20)26(14-17-5-4-11-31-17)22(25)15-27-23(29)18-6-2-3-7-19(18)24(27)30/h2-3,6-9,13,17,28H,4-5,10-12,14-15H2,1H3/q+1/t17-/m0/s1. The van der Waals surface area contributed by atoms with Gasteiger partial charge in [-0.25, -0.2) is 9.13 Å². The molecule has 0 radical (unpaired) electrons. The van der Waals surface area contributed by atoms with Gasteiger partial charge in [0.1, 0.15) is 25.4 Å². The van der Waals surface area contributed by atoms with Gasteiger partial charge in [-0.05, 0) is 37.1 Å². The molecule has 0 aliphatic carbocycles. The number of imidazole rings is 1. The highest BCUT2D eigenvalue weighted by atomic mass is 16.5. The van der Waals surface area contributed by atoms with E-state index in [1.165, 1.54) is 4.90 Å². The van der Waals surface area contributed by atoms with E-state index < -0.39 is 0 Å². The van der Waals surface area contributed by atoms with Crippen molar-refractivity contribution in [2.45, 2.75) is 32.0 Å². The van der Waals surface area contributed by atoms with Crippen LogP contribution < -0.4 is 9.30 Å². The van der Waals surface area contributed by atoms with Gasteiger partial charge in [0, 0.05) is 12.7 Å². The van der Waals surface area contributed by atoms with Crippen molar-refractivity contribution in [2.24, 2.45) is 7.05 Å². The van der Waals surface area contributed by atoms with Crippen LogP contribution in [0, 0.1) is 0 Å². The Bertz CT molecular complexity index is 1160. The minimum absolute atomic E-state index is 0.0618. The number of hydrogen-bond donors (Lipinski definition) is 1. The number of carbonyl (C=O) groups excluding carboxylic acids is 2. The normalized spacial score (nSPS) is 18.1. The van der Waals surface area contributed by atoms with Crippen LogP contribution >= 0.6 is 0 Å². The Morgan fingerprint density at radius 3 is 2.56 bits per heavy atom. The summed E-state index contributed by atoms with van der Waals surface area (Å²) in [5.41, 5.74) is 2.79. The molecule has 5 rings (SSSR count). The smallest absolute Gasteiger partial charge is 0.277 e. The van der Waals surface area contributed by atoms with Crippen molar-refractivity contribution in [3.63, 3.8) is 0 Å². The number of aliphatic hydroxyl groups is 1. The van der Waals surface area contributed by atoms with Gasteiger partial charge in [0.25, 0.3) is 17.6 Å². The molecule has 1 saturated heterocycles. The zero-order chi connectivity index (χ0) is 22.2. The fourth-order valence-corrected chi connectivity index (χ4v) is 4.63. The van der Waals surface area contributed by atoms with E-state index in [-0.39, 0.29) is 37.7 Å². The highest BCUT2D eigenvalue weighted by molar-refractivity contribution is 6.21. The number of ether oxygens (including phenoxy) is 2. The maximum Gasteiger partial charge on any atom is 0.277 e. The Morgan fingerprint density at radius 2 is 1.91 bits per heavy atom.